The Hall–Kier alpha value is -2.56. The topological polar surface area (TPSA) is 25.8 Å². The molecule has 35 heavy (non-hydrogen) atoms. The molecule has 178 valence electrons. The van der Waals surface area contributed by atoms with E-state index in [4.69, 9.17) is 9.97 Å². The first-order chi connectivity index (χ1) is 16.5. The normalized spacial score (nSPS) is 17.2. The van der Waals surface area contributed by atoms with Crippen molar-refractivity contribution in [2.45, 2.75) is 71.0 Å². The van der Waals surface area contributed by atoms with Crippen molar-refractivity contribution >= 4 is 55.7 Å². The molecule has 2 heterocycles. The van der Waals surface area contributed by atoms with E-state index in [1.807, 2.05) is 11.3 Å². The Balaban J connectivity index is 1.68. The van der Waals surface area contributed by atoms with E-state index in [1.165, 1.54) is 60.3 Å². The predicted molar refractivity (Wildman–Crippen MR) is 156 cm³/mol. The zero-order valence-electron chi connectivity index (χ0n) is 21.9. The molecule has 1 aliphatic carbocycles. The molecule has 0 spiro atoms. The summed E-state index contributed by atoms with van der Waals surface area (Å²) in [6, 6.07) is 18.3. The standard InChI is InChI=1S/C31H34N2SSi/c1-30(2)14-15-31(3,4)25-23(30)13-12-22-27-29(34-28(22)25)26(32-18-33-27)20-16-19-10-8-9-11-21(19)24(17-20)35(5,6)7/h8-13,16-18H,14-15H2,1-7H3. The lowest BCUT2D eigenvalue weighted by Crippen LogP contribution is -2.38. The minimum atomic E-state index is -1.56. The maximum absolute atomic E-state index is 4.89. The van der Waals surface area contributed by atoms with Gasteiger partial charge in [0, 0.05) is 15.6 Å². The van der Waals surface area contributed by atoms with Crippen LogP contribution in [0.15, 0.2) is 54.9 Å². The molecular weight excluding hydrogens is 461 g/mol. The third-order valence-electron chi connectivity index (χ3n) is 8.14. The fourth-order valence-corrected chi connectivity index (χ4v) is 9.15. The van der Waals surface area contributed by atoms with Gasteiger partial charge in [-0.2, -0.15) is 0 Å². The van der Waals surface area contributed by atoms with Crippen LogP contribution in [0.25, 0.3) is 42.3 Å². The molecular formula is C31H34N2SSi. The molecule has 1 aliphatic rings. The number of aromatic nitrogens is 2. The van der Waals surface area contributed by atoms with Gasteiger partial charge in [0.05, 0.1) is 24.0 Å². The highest BCUT2D eigenvalue weighted by Gasteiger charge is 2.39. The van der Waals surface area contributed by atoms with Crippen molar-refractivity contribution in [1.82, 2.24) is 9.97 Å². The summed E-state index contributed by atoms with van der Waals surface area (Å²) in [4.78, 5) is 9.72. The highest BCUT2D eigenvalue weighted by molar-refractivity contribution is 7.26. The Bertz CT molecular complexity index is 1640. The largest absolute Gasteiger partial charge is 0.235 e. The molecule has 0 saturated heterocycles. The Morgan fingerprint density at radius 3 is 2.31 bits per heavy atom. The van der Waals surface area contributed by atoms with Gasteiger partial charge in [-0.25, -0.2) is 9.97 Å². The Morgan fingerprint density at radius 2 is 1.54 bits per heavy atom. The van der Waals surface area contributed by atoms with Gasteiger partial charge in [0.1, 0.15) is 6.33 Å². The zero-order chi connectivity index (χ0) is 24.8. The molecule has 5 aromatic rings. The van der Waals surface area contributed by atoms with Crippen molar-refractivity contribution in [1.29, 1.82) is 0 Å². The average molecular weight is 495 g/mol. The lowest BCUT2D eigenvalue weighted by Gasteiger charge is -2.42. The molecule has 0 radical (unpaired) electrons. The van der Waals surface area contributed by atoms with Crippen LogP contribution in [-0.4, -0.2) is 18.0 Å². The van der Waals surface area contributed by atoms with Gasteiger partial charge in [-0.15, -0.1) is 11.3 Å². The van der Waals surface area contributed by atoms with Gasteiger partial charge in [0.25, 0.3) is 0 Å². The smallest absolute Gasteiger partial charge is 0.116 e. The second-order valence-electron chi connectivity index (χ2n) is 12.6. The maximum atomic E-state index is 4.89. The van der Waals surface area contributed by atoms with Crippen LogP contribution >= 0.6 is 11.3 Å². The number of fused-ring (bicyclic) bond motifs is 6. The van der Waals surface area contributed by atoms with E-state index in [9.17, 15) is 0 Å². The van der Waals surface area contributed by atoms with E-state index < -0.39 is 8.07 Å². The molecule has 0 fully saturated rings. The Kier molecular flexibility index (Phi) is 4.88. The summed E-state index contributed by atoms with van der Waals surface area (Å²) in [5.74, 6) is 0. The van der Waals surface area contributed by atoms with Crippen LogP contribution < -0.4 is 5.19 Å². The van der Waals surface area contributed by atoms with Crippen molar-refractivity contribution in [2.24, 2.45) is 0 Å². The van der Waals surface area contributed by atoms with Crippen LogP contribution in [0.5, 0.6) is 0 Å². The SMILES string of the molecule is CC1(C)CCC(C)(C)c2c1ccc1c2sc2c(-c3cc([Si](C)(C)C)c4ccccc4c3)ncnc21. The van der Waals surface area contributed by atoms with Gasteiger partial charge in [-0.05, 0) is 51.6 Å². The quantitative estimate of drug-likeness (QED) is 0.230. The van der Waals surface area contributed by atoms with Crippen LogP contribution in [-0.2, 0) is 10.8 Å². The Labute approximate surface area is 213 Å². The summed E-state index contributed by atoms with van der Waals surface area (Å²) < 4.78 is 2.62. The molecule has 0 amide bonds. The minimum Gasteiger partial charge on any atom is -0.235 e. The van der Waals surface area contributed by atoms with Crippen molar-refractivity contribution in [2.75, 3.05) is 0 Å². The molecule has 0 bridgehead atoms. The van der Waals surface area contributed by atoms with Gasteiger partial charge in [-0.3, -0.25) is 0 Å². The second-order valence-corrected chi connectivity index (χ2v) is 18.7. The molecule has 6 rings (SSSR count). The third-order valence-corrected chi connectivity index (χ3v) is 11.4. The Morgan fingerprint density at radius 1 is 0.800 bits per heavy atom. The number of thiophene rings is 1. The maximum Gasteiger partial charge on any atom is 0.116 e. The van der Waals surface area contributed by atoms with Crippen molar-refractivity contribution < 1.29 is 0 Å². The minimum absolute atomic E-state index is 0.160. The first-order valence-corrected chi connectivity index (χ1v) is 17.0. The fraction of sp³-hybridized carbons (Fsp3) is 0.355. The average Bonchev–Trinajstić information content (AvgIpc) is 3.19. The van der Waals surface area contributed by atoms with Gasteiger partial charge >= 0.3 is 0 Å². The lowest BCUT2D eigenvalue weighted by atomic mass is 9.63. The molecule has 4 heteroatoms. The number of rotatable bonds is 2. The van der Waals surface area contributed by atoms with E-state index >= 15 is 0 Å². The molecule has 0 aliphatic heterocycles. The summed E-state index contributed by atoms with van der Waals surface area (Å²) >= 11 is 1.91. The van der Waals surface area contributed by atoms with Crippen LogP contribution in [0.4, 0.5) is 0 Å². The monoisotopic (exact) mass is 494 g/mol. The fourth-order valence-electron chi connectivity index (χ4n) is 6.03. The number of hydrogen-bond acceptors (Lipinski definition) is 3. The van der Waals surface area contributed by atoms with Crippen LogP contribution in [0.1, 0.15) is 51.7 Å². The van der Waals surface area contributed by atoms with E-state index in [2.05, 4.69) is 95.9 Å². The second kappa shape index (κ2) is 7.47. The first kappa shape index (κ1) is 22.9. The molecule has 0 unspecified atom stereocenters. The molecule has 3 aromatic carbocycles. The van der Waals surface area contributed by atoms with Crippen molar-refractivity contribution in [3.8, 4) is 11.3 Å². The molecule has 0 N–H and O–H groups in total. The summed E-state index contributed by atoms with van der Waals surface area (Å²) in [6.07, 6.45) is 4.20. The number of benzene rings is 3. The highest BCUT2D eigenvalue weighted by atomic mass is 32.1. The number of nitrogens with zero attached hydrogens (tertiary/aromatic N) is 2. The lowest BCUT2D eigenvalue weighted by molar-refractivity contribution is 0.335. The van der Waals surface area contributed by atoms with E-state index in [0.717, 1.165) is 11.2 Å². The van der Waals surface area contributed by atoms with Crippen molar-refractivity contribution in [3.05, 3.63) is 66.0 Å². The van der Waals surface area contributed by atoms with Gasteiger partial charge in [-0.1, -0.05) is 95.0 Å². The van der Waals surface area contributed by atoms with Gasteiger partial charge in [0.2, 0.25) is 0 Å². The molecule has 2 nitrogen and oxygen atoms in total. The summed E-state index contributed by atoms with van der Waals surface area (Å²) in [7, 11) is -1.56. The zero-order valence-corrected chi connectivity index (χ0v) is 23.7. The van der Waals surface area contributed by atoms with Crippen LogP contribution in [0.3, 0.4) is 0 Å². The molecule has 2 aromatic heterocycles. The van der Waals surface area contributed by atoms with E-state index in [1.54, 1.807) is 6.33 Å². The van der Waals surface area contributed by atoms with E-state index in [0.29, 0.717) is 0 Å². The van der Waals surface area contributed by atoms with Gasteiger partial charge in [0.15, 0.2) is 0 Å². The highest BCUT2D eigenvalue weighted by Crippen LogP contribution is 2.51. The summed E-state index contributed by atoms with van der Waals surface area (Å²) in [5.41, 5.74) is 6.79. The first-order valence-electron chi connectivity index (χ1n) is 12.7. The summed E-state index contributed by atoms with van der Waals surface area (Å²) in [5, 5.41) is 5.47. The van der Waals surface area contributed by atoms with Crippen LogP contribution in [0, 0.1) is 0 Å². The third kappa shape index (κ3) is 3.48. The predicted octanol–water partition coefficient (Wildman–Crippen LogP) is 8.56. The van der Waals surface area contributed by atoms with Gasteiger partial charge < -0.3 is 0 Å². The van der Waals surface area contributed by atoms with Crippen molar-refractivity contribution in [3.63, 3.8) is 0 Å². The van der Waals surface area contributed by atoms with Crippen LogP contribution in [0.2, 0.25) is 19.6 Å². The summed E-state index contributed by atoms with van der Waals surface area (Å²) in [6.45, 7) is 16.9. The molecule has 0 atom stereocenters. The van der Waals surface area contributed by atoms with E-state index in [-0.39, 0.29) is 10.8 Å². The molecule has 0 saturated carbocycles. The number of hydrogen-bond donors (Lipinski definition) is 0.